The molecule has 1 saturated heterocycles. The largest absolute Gasteiger partial charge is 0.465 e. The number of halogens is 1. The van der Waals surface area contributed by atoms with Gasteiger partial charge in [0.05, 0.1) is 32.4 Å². The van der Waals surface area contributed by atoms with Crippen LogP contribution in [0.3, 0.4) is 0 Å². The molecule has 1 unspecified atom stereocenters. The van der Waals surface area contributed by atoms with Crippen LogP contribution >= 0.6 is 24.0 Å². The second kappa shape index (κ2) is 14.6. The number of methoxy groups -OCH3 is 1. The van der Waals surface area contributed by atoms with Crippen LogP contribution in [0.15, 0.2) is 29.3 Å². The van der Waals surface area contributed by atoms with Crippen LogP contribution in [0.5, 0.6) is 0 Å². The van der Waals surface area contributed by atoms with Gasteiger partial charge in [-0.05, 0) is 37.0 Å². The van der Waals surface area contributed by atoms with Crippen molar-refractivity contribution in [2.75, 3.05) is 46.5 Å². The van der Waals surface area contributed by atoms with E-state index >= 15 is 0 Å². The van der Waals surface area contributed by atoms with Crippen molar-refractivity contribution in [1.29, 1.82) is 0 Å². The quantitative estimate of drug-likeness (QED) is 0.221. The molecule has 1 aromatic rings. The molecule has 0 amide bonds. The molecule has 0 bridgehead atoms. The molecule has 1 aliphatic heterocycles. The standard InChI is InChI=1S/C22H36N4O3.HI/c1-5-23-22(24-15-18-6-8-19(9-7-18)21(27)28-4)25-16-20(14-17(2)3)26-10-12-29-13-11-26;/h6-9,17,20H,5,10-16H2,1-4H3,(H2,23,24,25);1H. The van der Waals surface area contributed by atoms with Crippen molar-refractivity contribution in [1.82, 2.24) is 15.5 Å². The minimum atomic E-state index is -0.325. The minimum Gasteiger partial charge on any atom is -0.465 e. The van der Waals surface area contributed by atoms with E-state index in [2.05, 4.69) is 36.3 Å². The molecule has 30 heavy (non-hydrogen) atoms. The maximum atomic E-state index is 11.6. The molecule has 0 saturated carbocycles. The van der Waals surface area contributed by atoms with E-state index < -0.39 is 0 Å². The second-order valence-electron chi connectivity index (χ2n) is 7.70. The van der Waals surface area contributed by atoms with E-state index in [1.807, 2.05) is 12.1 Å². The summed E-state index contributed by atoms with van der Waals surface area (Å²) < 4.78 is 10.2. The number of carbonyl (C=O) groups excluding carboxylic acids is 1. The minimum absolute atomic E-state index is 0. The number of benzene rings is 1. The zero-order valence-electron chi connectivity index (χ0n) is 18.6. The predicted molar refractivity (Wildman–Crippen MR) is 132 cm³/mol. The summed E-state index contributed by atoms with van der Waals surface area (Å²) in [4.78, 5) is 18.8. The summed E-state index contributed by atoms with van der Waals surface area (Å²) in [5, 5.41) is 6.84. The summed E-state index contributed by atoms with van der Waals surface area (Å²) >= 11 is 0. The number of esters is 1. The Morgan fingerprint density at radius 3 is 2.43 bits per heavy atom. The molecule has 1 atom stereocenters. The lowest BCUT2D eigenvalue weighted by atomic mass is 10.0. The Labute approximate surface area is 198 Å². The number of ether oxygens (including phenoxy) is 2. The number of hydrogen-bond acceptors (Lipinski definition) is 5. The van der Waals surface area contributed by atoms with Crippen LogP contribution in [0.2, 0.25) is 0 Å². The molecule has 0 radical (unpaired) electrons. The van der Waals surface area contributed by atoms with Gasteiger partial charge in [-0.15, -0.1) is 24.0 Å². The molecule has 1 heterocycles. The highest BCUT2D eigenvalue weighted by Crippen LogP contribution is 2.13. The number of carbonyl (C=O) groups is 1. The van der Waals surface area contributed by atoms with Gasteiger partial charge in [-0.25, -0.2) is 9.79 Å². The maximum absolute atomic E-state index is 11.6. The number of nitrogens with one attached hydrogen (secondary N) is 2. The predicted octanol–water partition coefficient (Wildman–Crippen LogP) is 2.89. The van der Waals surface area contributed by atoms with Crippen LogP contribution in [0.1, 0.15) is 43.1 Å². The lowest BCUT2D eigenvalue weighted by Crippen LogP contribution is -2.51. The zero-order valence-corrected chi connectivity index (χ0v) is 21.0. The van der Waals surface area contributed by atoms with E-state index in [1.54, 1.807) is 12.1 Å². The topological polar surface area (TPSA) is 75.2 Å². The summed E-state index contributed by atoms with van der Waals surface area (Å²) in [5.74, 6) is 1.12. The smallest absolute Gasteiger partial charge is 0.337 e. The van der Waals surface area contributed by atoms with E-state index in [1.165, 1.54) is 7.11 Å². The molecule has 0 aliphatic carbocycles. The molecule has 170 valence electrons. The lowest BCUT2D eigenvalue weighted by molar-refractivity contribution is 0.0132. The molecule has 1 aromatic carbocycles. The highest BCUT2D eigenvalue weighted by Gasteiger charge is 2.22. The molecular formula is C22H37IN4O3. The Kier molecular flexibility index (Phi) is 13.0. The van der Waals surface area contributed by atoms with Crippen molar-refractivity contribution in [3.05, 3.63) is 35.4 Å². The fraction of sp³-hybridized carbons (Fsp3) is 0.636. The first-order valence-electron chi connectivity index (χ1n) is 10.5. The van der Waals surface area contributed by atoms with E-state index in [0.29, 0.717) is 24.1 Å². The fourth-order valence-corrected chi connectivity index (χ4v) is 3.44. The average molecular weight is 532 g/mol. The fourth-order valence-electron chi connectivity index (χ4n) is 3.44. The van der Waals surface area contributed by atoms with Gasteiger partial charge < -0.3 is 20.1 Å². The summed E-state index contributed by atoms with van der Waals surface area (Å²) in [6.07, 6.45) is 1.14. The zero-order chi connectivity index (χ0) is 21.1. The average Bonchev–Trinajstić information content (AvgIpc) is 2.74. The molecule has 7 nitrogen and oxygen atoms in total. The van der Waals surface area contributed by atoms with Gasteiger partial charge in [-0.1, -0.05) is 26.0 Å². The normalized spacial score (nSPS) is 16.0. The van der Waals surface area contributed by atoms with Crippen molar-refractivity contribution < 1.29 is 14.3 Å². The molecule has 8 heteroatoms. The number of hydrogen-bond donors (Lipinski definition) is 2. The van der Waals surface area contributed by atoms with Crippen molar-refractivity contribution in [2.24, 2.45) is 10.9 Å². The Morgan fingerprint density at radius 1 is 1.20 bits per heavy atom. The van der Waals surface area contributed by atoms with E-state index in [9.17, 15) is 4.79 Å². The SMILES string of the molecule is CCNC(=NCc1ccc(C(=O)OC)cc1)NCC(CC(C)C)N1CCOCC1.I. The highest BCUT2D eigenvalue weighted by molar-refractivity contribution is 14.0. The van der Waals surface area contributed by atoms with Crippen LogP contribution in [0, 0.1) is 5.92 Å². The molecule has 0 spiro atoms. The summed E-state index contributed by atoms with van der Waals surface area (Å²) in [5.41, 5.74) is 1.59. The molecular weight excluding hydrogens is 495 g/mol. The van der Waals surface area contributed by atoms with E-state index in [4.69, 9.17) is 14.5 Å². The van der Waals surface area contributed by atoms with E-state index in [-0.39, 0.29) is 29.9 Å². The van der Waals surface area contributed by atoms with Gasteiger partial charge in [0.1, 0.15) is 0 Å². The van der Waals surface area contributed by atoms with Crippen LogP contribution in [0.4, 0.5) is 0 Å². The number of aliphatic imine (C=N–C) groups is 1. The third-order valence-electron chi connectivity index (χ3n) is 4.95. The third kappa shape index (κ3) is 9.18. The van der Waals surface area contributed by atoms with Crippen molar-refractivity contribution in [3.8, 4) is 0 Å². The molecule has 2 rings (SSSR count). The third-order valence-corrected chi connectivity index (χ3v) is 4.95. The molecule has 1 fully saturated rings. The Morgan fingerprint density at radius 2 is 1.87 bits per heavy atom. The van der Waals surface area contributed by atoms with Gasteiger partial charge in [0.25, 0.3) is 0 Å². The first kappa shape index (κ1) is 26.6. The van der Waals surface area contributed by atoms with Crippen LogP contribution in [0.25, 0.3) is 0 Å². The van der Waals surface area contributed by atoms with Gasteiger partial charge in [-0.3, -0.25) is 4.90 Å². The van der Waals surface area contributed by atoms with Crippen molar-refractivity contribution in [2.45, 2.75) is 39.8 Å². The number of rotatable bonds is 9. The van der Waals surface area contributed by atoms with Gasteiger partial charge in [-0.2, -0.15) is 0 Å². The summed E-state index contributed by atoms with van der Waals surface area (Å²) in [6.45, 7) is 12.4. The molecule has 0 aromatic heterocycles. The van der Waals surface area contributed by atoms with Gasteiger partial charge in [0.2, 0.25) is 0 Å². The lowest BCUT2D eigenvalue weighted by Gasteiger charge is -2.35. The van der Waals surface area contributed by atoms with Crippen molar-refractivity contribution >= 4 is 35.9 Å². The first-order valence-corrected chi connectivity index (χ1v) is 10.5. The number of nitrogens with zero attached hydrogens (tertiary/aromatic N) is 2. The number of morpholine rings is 1. The summed E-state index contributed by atoms with van der Waals surface area (Å²) in [6, 6.07) is 7.83. The van der Waals surface area contributed by atoms with Gasteiger partial charge >= 0.3 is 5.97 Å². The second-order valence-corrected chi connectivity index (χ2v) is 7.70. The van der Waals surface area contributed by atoms with E-state index in [0.717, 1.165) is 57.3 Å². The number of guanidine groups is 1. The van der Waals surface area contributed by atoms with Crippen molar-refractivity contribution in [3.63, 3.8) is 0 Å². The van der Waals surface area contributed by atoms with Crippen LogP contribution < -0.4 is 10.6 Å². The maximum Gasteiger partial charge on any atom is 0.337 e. The Hall–Kier alpha value is -1.39. The Bertz CT molecular complexity index is 646. The summed E-state index contributed by atoms with van der Waals surface area (Å²) in [7, 11) is 1.39. The monoisotopic (exact) mass is 532 g/mol. The first-order chi connectivity index (χ1) is 14.0. The highest BCUT2D eigenvalue weighted by atomic mass is 127. The van der Waals surface area contributed by atoms with Gasteiger partial charge in [0, 0.05) is 32.2 Å². The van der Waals surface area contributed by atoms with Crippen LogP contribution in [-0.4, -0.2) is 69.4 Å². The Balaban J connectivity index is 0.00000450. The van der Waals surface area contributed by atoms with Crippen LogP contribution in [-0.2, 0) is 16.0 Å². The molecule has 1 aliphatic rings. The molecule has 2 N–H and O–H groups in total. The van der Waals surface area contributed by atoms with Gasteiger partial charge in [0.15, 0.2) is 5.96 Å².